The Hall–Kier alpha value is -1.15. The number of phenols is 2. The number of aromatic hydroxyl groups is 2. The molecule has 3 aromatic rings. The Morgan fingerprint density at radius 2 is 1.10 bits per heavy atom. The van der Waals surface area contributed by atoms with Crippen LogP contribution in [0.15, 0.2) is 58.5 Å². The Morgan fingerprint density at radius 1 is 0.692 bits per heavy atom. The second-order valence-corrected chi connectivity index (χ2v) is 14.0. The van der Waals surface area contributed by atoms with Crippen LogP contribution in [0.5, 0.6) is 11.5 Å². The van der Waals surface area contributed by atoms with E-state index in [1.54, 1.807) is 48.5 Å². The minimum Gasteiger partial charge on any atom is -0.507 e. The molecule has 0 aliphatic rings. The molecule has 0 aliphatic heterocycles. The average molecular weight is 695 g/mol. The van der Waals surface area contributed by atoms with Crippen LogP contribution < -0.4 is 0 Å². The van der Waals surface area contributed by atoms with Gasteiger partial charge < -0.3 is 17.6 Å². The summed E-state index contributed by atoms with van der Waals surface area (Å²) in [5, 5.41) is 21.5. The molecule has 0 unspecified atom stereocenters. The van der Waals surface area contributed by atoms with Crippen molar-refractivity contribution >= 4 is 93.4 Å². The minimum absolute atomic E-state index is 0. The van der Waals surface area contributed by atoms with E-state index in [0.717, 1.165) is 11.1 Å². The molecule has 0 atom stereocenters. The van der Waals surface area contributed by atoms with Crippen LogP contribution in [-0.2, 0) is 29.8 Å². The van der Waals surface area contributed by atoms with E-state index in [1.807, 2.05) is 27.7 Å². The third-order valence-electron chi connectivity index (χ3n) is 5.47. The van der Waals surface area contributed by atoms with Crippen molar-refractivity contribution in [3.63, 3.8) is 0 Å². The van der Waals surface area contributed by atoms with Gasteiger partial charge in [0.15, 0.2) is 0 Å². The number of aryl methyl sites for hydroxylation is 1. The van der Waals surface area contributed by atoms with Gasteiger partial charge in [0.1, 0.15) is 11.5 Å². The van der Waals surface area contributed by atoms with E-state index < -0.39 is 7.59 Å². The van der Waals surface area contributed by atoms with Gasteiger partial charge in [0.25, 0.3) is 0 Å². The summed E-state index contributed by atoms with van der Waals surface area (Å²) < 4.78 is -3.62. The third-order valence-corrected chi connectivity index (χ3v) is 6.69. The fourth-order valence-electron chi connectivity index (χ4n) is 3.49. The molecule has 3 rings (SSSR count). The van der Waals surface area contributed by atoms with Crippen LogP contribution in [0.25, 0.3) is 0 Å². The van der Waals surface area contributed by atoms with Crippen molar-refractivity contribution in [3.05, 3.63) is 89.3 Å². The SMILES string of the molecule is Cc1cc(C=Nc2ccccc2N=Cc2cc(C(C)(C)C)cc(C(Cl)(Cl)Cl)c2O)c(O)c(C(Cl)(Cl)Cl)c1.[CH3-].[Co]. The maximum absolute atomic E-state index is 10.8. The van der Waals surface area contributed by atoms with Crippen molar-refractivity contribution in [1.82, 2.24) is 0 Å². The Morgan fingerprint density at radius 3 is 1.51 bits per heavy atom. The summed E-state index contributed by atoms with van der Waals surface area (Å²) >= 11 is 36.4. The molecule has 11 heteroatoms. The molecule has 0 saturated carbocycles. The van der Waals surface area contributed by atoms with Gasteiger partial charge in [-0.15, -0.1) is 0 Å². The van der Waals surface area contributed by atoms with Crippen LogP contribution in [-0.4, -0.2) is 22.6 Å². The third kappa shape index (κ3) is 9.17. The van der Waals surface area contributed by atoms with Crippen LogP contribution in [0.4, 0.5) is 11.4 Å². The van der Waals surface area contributed by atoms with Gasteiger partial charge in [0.2, 0.25) is 7.59 Å². The summed E-state index contributed by atoms with van der Waals surface area (Å²) in [6, 6.07) is 13.9. The summed E-state index contributed by atoms with van der Waals surface area (Å²) in [4.78, 5) is 9.03. The summed E-state index contributed by atoms with van der Waals surface area (Å²) in [7, 11) is 0. The molecule has 2 N–H and O–H groups in total. The number of rotatable bonds is 4. The van der Waals surface area contributed by atoms with E-state index in [-0.39, 0.29) is 52.2 Å². The van der Waals surface area contributed by atoms with Crippen LogP contribution >= 0.6 is 69.6 Å². The normalized spacial score (nSPS) is 12.5. The van der Waals surface area contributed by atoms with Crippen molar-refractivity contribution < 1.29 is 27.0 Å². The maximum Gasteiger partial charge on any atom is 0.219 e. The molecule has 0 fully saturated rings. The van der Waals surface area contributed by atoms with Crippen molar-refractivity contribution in [1.29, 1.82) is 0 Å². The van der Waals surface area contributed by atoms with E-state index >= 15 is 0 Å². The average Bonchev–Trinajstić information content (AvgIpc) is 2.77. The zero-order valence-corrected chi connectivity index (χ0v) is 27.2. The first-order chi connectivity index (χ1) is 17.0. The first kappa shape index (κ1) is 35.9. The summed E-state index contributed by atoms with van der Waals surface area (Å²) in [6.07, 6.45) is 2.96. The molecule has 0 amide bonds. The van der Waals surface area contributed by atoms with Crippen molar-refractivity contribution in [2.45, 2.75) is 40.7 Å². The predicted molar refractivity (Wildman–Crippen MR) is 165 cm³/mol. The number of benzene rings is 3. The van der Waals surface area contributed by atoms with Crippen molar-refractivity contribution in [2.24, 2.45) is 9.98 Å². The molecule has 0 bridgehead atoms. The van der Waals surface area contributed by atoms with E-state index in [4.69, 9.17) is 69.6 Å². The zero-order valence-electron chi connectivity index (χ0n) is 21.7. The number of hydrogen-bond donors (Lipinski definition) is 2. The number of nitrogens with zero attached hydrogens (tertiary/aromatic N) is 2. The number of alkyl halides is 6. The van der Waals surface area contributed by atoms with Gasteiger partial charge in [-0.1, -0.05) is 103 Å². The summed E-state index contributed by atoms with van der Waals surface area (Å²) in [6.45, 7) is 7.86. The van der Waals surface area contributed by atoms with E-state index in [1.165, 1.54) is 12.4 Å². The number of phenolic OH excluding ortho intramolecular Hbond substituents is 2. The molecular formula is C28H27Cl6CoN2O2-. The van der Waals surface area contributed by atoms with Crippen LogP contribution in [0.2, 0.25) is 0 Å². The van der Waals surface area contributed by atoms with Gasteiger partial charge in [-0.2, -0.15) is 0 Å². The van der Waals surface area contributed by atoms with Crippen molar-refractivity contribution in [3.8, 4) is 11.5 Å². The largest absolute Gasteiger partial charge is 0.507 e. The Bertz CT molecular complexity index is 1370. The number of hydrogen-bond acceptors (Lipinski definition) is 4. The molecule has 0 aromatic heterocycles. The molecule has 4 nitrogen and oxygen atoms in total. The maximum atomic E-state index is 10.8. The standard InChI is InChI=1S/C27H24Cl6N2O2.CH3.Co/c1-15-9-16(23(36)19(10-15)26(28,29)30)13-34-21-7-5-6-8-22(21)35-14-17-11-18(25(2,3)4)12-20(24(17)37)27(31,32)33;;/h5-14,36-37H,1-4H3;1H3;/q;-1;. The van der Waals surface area contributed by atoms with Crippen LogP contribution in [0.1, 0.15) is 54.2 Å². The first-order valence-electron chi connectivity index (χ1n) is 11.0. The number of halogens is 6. The quantitative estimate of drug-likeness (QED) is 0.162. The molecule has 0 heterocycles. The molecule has 1 radical (unpaired) electrons. The van der Waals surface area contributed by atoms with Gasteiger partial charge in [0.05, 0.1) is 11.4 Å². The molecule has 39 heavy (non-hydrogen) atoms. The van der Waals surface area contributed by atoms with Gasteiger partial charge >= 0.3 is 0 Å². The van der Waals surface area contributed by atoms with Gasteiger partial charge in [-0.3, -0.25) is 9.98 Å². The monoisotopic (exact) mass is 692 g/mol. The van der Waals surface area contributed by atoms with Crippen molar-refractivity contribution in [2.75, 3.05) is 0 Å². The number of para-hydroxylation sites is 2. The zero-order chi connectivity index (χ0) is 27.8. The molecular weight excluding hydrogens is 668 g/mol. The van der Waals surface area contributed by atoms with Crippen LogP contribution in [0, 0.1) is 14.4 Å². The fraction of sp³-hybridized carbons (Fsp3) is 0.250. The Balaban J connectivity index is 0.00000380. The number of aliphatic imine (C=N–C) groups is 2. The van der Waals surface area contributed by atoms with Crippen LogP contribution in [0.3, 0.4) is 0 Å². The molecule has 0 spiro atoms. The molecule has 0 aliphatic carbocycles. The minimum atomic E-state index is -1.82. The summed E-state index contributed by atoms with van der Waals surface area (Å²) in [5.74, 6) is -0.361. The van der Waals surface area contributed by atoms with E-state index in [9.17, 15) is 10.2 Å². The molecule has 0 saturated heterocycles. The van der Waals surface area contributed by atoms with Gasteiger partial charge in [-0.25, -0.2) is 0 Å². The van der Waals surface area contributed by atoms with E-state index in [0.29, 0.717) is 22.5 Å². The predicted octanol–water partition coefficient (Wildman–Crippen LogP) is 10.3. The molecule has 213 valence electrons. The second-order valence-electron chi connectivity index (χ2n) is 9.46. The van der Waals surface area contributed by atoms with E-state index in [2.05, 4.69) is 9.98 Å². The van der Waals surface area contributed by atoms with Gasteiger partial charge in [-0.05, 0) is 59.9 Å². The Labute approximate surface area is 270 Å². The smallest absolute Gasteiger partial charge is 0.219 e. The fourth-order valence-corrected chi connectivity index (χ4v) is 4.35. The summed E-state index contributed by atoms with van der Waals surface area (Å²) in [5.41, 5.74) is 3.46. The topological polar surface area (TPSA) is 65.2 Å². The first-order valence-corrected chi connectivity index (χ1v) is 13.3. The van der Waals surface area contributed by atoms with Gasteiger partial charge in [0, 0.05) is 51.5 Å². The second kappa shape index (κ2) is 13.7. The Kier molecular flexibility index (Phi) is 12.6. The molecule has 3 aromatic carbocycles.